The molecule has 0 N–H and O–H groups in total. The lowest BCUT2D eigenvalue weighted by atomic mass is 10.2. The van der Waals surface area contributed by atoms with Crippen LogP contribution >= 0.6 is 23.4 Å². The van der Waals surface area contributed by atoms with Gasteiger partial charge in [-0.25, -0.2) is 8.42 Å². The summed E-state index contributed by atoms with van der Waals surface area (Å²) in [5, 5.41) is 0.632. The highest BCUT2D eigenvalue weighted by Crippen LogP contribution is 2.26. The lowest BCUT2D eigenvalue weighted by Crippen LogP contribution is -2.04. The van der Waals surface area contributed by atoms with E-state index in [1.165, 1.54) is 11.8 Å². The first kappa shape index (κ1) is 17.2. The minimum absolute atomic E-state index is 0.108. The average Bonchev–Trinajstić information content (AvgIpc) is 2.49. The van der Waals surface area contributed by atoms with Gasteiger partial charge in [-0.3, -0.25) is 0 Å². The molecule has 3 nitrogen and oxygen atoms in total. The van der Waals surface area contributed by atoms with Gasteiger partial charge in [0.15, 0.2) is 9.84 Å². The Morgan fingerprint density at radius 3 is 2.59 bits per heavy atom. The molecule has 0 fully saturated rings. The largest absolute Gasteiger partial charge is 0.483 e. The minimum Gasteiger partial charge on any atom is -0.483 e. The van der Waals surface area contributed by atoms with Gasteiger partial charge in [0.05, 0.1) is 10.6 Å². The molecule has 0 heterocycles. The van der Waals surface area contributed by atoms with Crippen molar-refractivity contribution in [1.82, 2.24) is 0 Å². The van der Waals surface area contributed by atoms with E-state index >= 15 is 0 Å². The van der Waals surface area contributed by atoms with E-state index in [9.17, 15) is 8.42 Å². The molecule has 2 rings (SSSR count). The van der Waals surface area contributed by atoms with Crippen molar-refractivity contribution in [2.45, 2.75) is 23.6 Å². The molecular formula is C16H17ClO3S2. The third-order valence-electron chi connectivity index (χ3n) is 3.12. The quantitative estimate of drug-likeness (QED) is 0.561. The highest BCUT2D eigenvalue weighted by Gasteiger charge is 2.12. The Bertz CT molecular complexity index is 758. The summed E-state index contributed by atoms with van der Waals surface area (Å²) in [5.74, 6) is 1.25. The molecule has 6 heteroatoms. The van der Waals surface area contributed by atoms with Gasteiger partial charge in [-0.05, 0) is 48.9 Å². The zero-order chi connectivity index (χ0) is 16.2. The molecule has 0 bridgehead atoms. The molecule has 0 amide bonds. The Hall–Kier alpha value is -1.17. The lowest BCUT2D eigenvalue weighted by Gasteiger charge is -2.10. The molecule has 0 unspecified atom stereocenters. The van der Waals surface area contributed by atoms with Crippen molar-refractivity contribution < 1.29 is 13.2 Å². The molecule has 0 radical (unpaired) electrons. The number of hydrogen-bond acceptors (Lipinski definition) is 4. The number of ether oxygens (including phenoxy) is 1. The van der Waals surface area contributed by atoms with Crippen LogP contribution in [0.3, 0.4) is 0 Å². The SMILES string of the molecule is CCS(=O)(=O)c1ccc(SCOc2cccc(Cl)c2)c(C)c1. The molecule has 22 heavy (non-hydrogen) atoms. The Balaban J connectivity index is 2.02. The molecule has 0 aliphatic rings. The summed E-state index contributed by atoms with van der Waals surface area (Å²) in [6.07, 6.45) is 0. The first-order valence-corrected chi connectivity index (χ1v) is 9.78. The van der Waals surface area contributed by atoms with E-state index < -0.39 is 9.84 Å². The highest BCUT2D eigenvalue weighted by molar-refractivity contribution is 7.99. The summed E-state index contributed by atoms with van der Waals surface area (Å²) in [6, 6.07) is 12.4. The molecule has 0 saturated heterocycles. The lowest BCUT2D eigenvalue weighted by molar-refractivity contribution is 0.393. The second kappa shape index (κ2) is 7.40. The van der Waals surface area contributed by atoms with Gasteiger partial charge in [-0.2, -0.15) is 0 Å². The summed E-state index contributed by atoms with van der Waals surface area (Å²) >= 11 is 7.41. The molecule has 0 aromatic heterocycles. The van der Waals surface area contributed by atoms with E-state index in [0.717, 1.165) is 10.5 Å². The van der Waals surface area contributed by atoms with E-state index in [1.54, 1.807) is 31.2 Å². The molecule has 0 spiro atoms. The summed E-state index contributed by atoms with van der Waals surface area (Å²) < 4.78 is 29.3. The number of thioether (sulfide) groups is 1. The fourth-order valence-electron chi connectivity index (χ4n) is 1.86. The molecular weight excluding hydrogens is 340 g/mol. The van der Waals surface area contributed by atoms with Crippen LogP contribution in [0.2, 0.25) is 5.02 Å². The number of halogens is 1. The van der Waals surface area contributed by atoms with Crippen LogP contribution in [-0.2, 0) is 9.84 Å². The van der Waals surface area contributed by atoms with Crippen LogP contribution in [0.15, 0.2) is 52.3 Å². The molecule has 0 aliphatic carbocycles. The van der Waals surface area contributed by atoms with E-state index in [0.29, 0.717) is 21.6 Å². The predicted octanol–water partition coefficient (Wildman–Crippen LogP) is 4.57. The topological polar surface area (TPSA) is 43.4 Å². The van der Waals surface area contributed by atoms with E-state index in [1.807, 2.05) is 25.1 Å². The van der Waals surface area contributed by atoms with Gasteiger partial charge in [0.1, 0.15) is 11.7 Å². The number of aryl methyl sites for hydroxylation is 1. The standard InChI is InChI=1S/C16H17ClO3S2/c1-3-22(18,19)15-7-8-16(12(2)9-15)21-11-20-14-6-4-5-13(17)10-14/h4-10H,3,11H2,1-2H3. The Labute approximate surface area is 140 Å². The second-order valence-corrected chi connectivity index (χ2v) is 8.37. The Morgan fingerprint density at radius 2 is 1.95 bits per heavy atom. The van der Waals surface area contributed by atoms with Gasteiger partial charge in [0, 0.05) is 9.92 Å². The number of benzene rings is 2. The normalized spacial score (nSPS) is 11.4. The summed E-state index contributed by atoms with van der Waals surface area (Å²) in [6.45, 7) is 3.54. The third kappa shape index (κ3) is 4.41. The molecule has 0 aliphatic heterocycles. The van der Waals surface area contributed by atoms with Crippen molar-refractivity contribution in [3.05, 3.63) is 53.1 Å². The van der Waals surface area contributed by atoms with Crippen molar-refractivity contribution in [2.24, 2.45) is 0 Å². The second-order valence-electron chi connectivity index (χ2n) is 4.69. The van der Waals surface area contributed by atoms with E-state index in [2.05, 4.69) is 0 Å². The van der Waals surface area contributed by atoms with Crippen molar-refractivity contribution in [2.75, 3.05) is 11.7 Å². The molecule has 2 aromatic rings. The monoisotopic (exact) mass is 356 g/mol. The number of hydrogen-bond donors (Lipinski definition) is 0. The predicted molar refractivity (Wildman–Crippen MR) is 91.7 cm³/mol. The zero-order valence-corrected chi connectivity index (χ0v) is 14.8. The van der Waals surface area contributed by atoms with E-state index in [-0.39, 0.29) is 5.75 Å². The first-order valence-electron chi connectivity index (χ1n) is 6.77. The maximum atomic E-state index is 11.9. The van der Waals surface area contributed by atoms with Crippen LogP contribution in [0.5, 0.6) is 5.75 Å². The first-order chi connectivity index (χ1) is 10.4. The van der Waals surface area contributed by atoms with Crippen molar-refractivity contribution in [1.29, 1.82) is 0 Å². The third-order valence-corrected chi connectivity index (χ3v) is 6.09. The molecule has 0 saturated carbocycles. The van der Waals surface area contributed by atoms with Crippen molar-refractivity contribution in [3.8, 4) is 5.75 Å². The fraction of sp³-hybridized carbons (Fsp3) is 0.250. The highest BCUT2D eigenvalue weighted by atomic mass is 35.5. The van der Waals surface area contributed by atoms with Crippen LogP contribution < -0.4 is 4.74 Å². The van der Waals surface area contributed by atoms with Gasteiger partial charge >= 0.3 is 0 Å². The number of rotatable bonds is 6. The Morgan fingerprint density at radius 1 is 1.18 bits per heavy atom. The van der Waals surface area contributed by atoms with Gasteiger partial charge in [0.25, 0.3) is 0 Å². The summed E-state index contributed by atoms with van der Waals surface area (Å²) in [4.78, 5) is 1.37. The van der Waals surface area contributed by atoms with Crippen LogP contribution in [0.25, 0.3) is 0 Å². The summed E-state index contributed by atoms with van der Waals surface area (Å²) in [5.41, 5.74) is 0.925. The smallest absolute Gasteiger partial charge is 0.178 e. The fourth-order valence-corrected chi connectivity index (χ4v) is 3.78. The van der Waals surface area contributed by atoms with Gasteiger partial charge in [-0.1, -0.05) is 36.4 Å². The minimum atomic E-state index is -3.16. The van der Waals surface area contributed by atoms with E-state index in [4.69, 9.17) is 16.3 Å². The van der Waals surface area contributed by atoms with Crippen LogP contribution in [0.4, 0.5) is 0 Å². The Kier molecular flexibility index (Phi) is 5.78. The van der Waals surface area contributed by atoms with Crippen molar-refractivity contribution in [3.63, 3.8) is 0 Å². The molecule has 0 atom stereocenters. The molecule has 118 valence electrons. The molecule has 2 aromatic carbocycles. The van der Waals surface area contributed by atoms with Crippen molar-refractivity contribution >= 4 is 33.2 Å². The summed E-state index contributed by atoms with van der Waals surface area (Å²) in [7, 11) is -3.16. The van der Waals surface area contributed by atoms with Gasteiger partial charge in [0.2, 0.25) is 0 Å². The van der Waals surface area contributed by atoms with Crippen LogP contribution in [-0.4, -0.2) is 20.1 Å². The average molecular weight is 357 g/mol. The van der Waals surface area contributed by atoms with Crippen LogP contribution in [0, 0.1) is 6.92 Å². The maximum absolute atomic E-state index is 11.9. The zero-order valence-electron chi connectivity index (χ0n) is 12.4. The van der Waals surface area contributed by atoms with Crippen LogP contribution in [0.1, 0.15) is 12.5 Å². The van der Waals surface area contributed by atoms with Gasteiger partial charge in [-0.15, -0.1) is 0 Å². The van der Waals surface area contributed by atoms with Gasteiger partial charge < -0.3 is 4.74 Å². The number of sulfone groups is 1. The maximum Gasteiger partial charge on any atom is 0.178 e.